The van der Waals surface area contributed by atoms with Crippen LogP contribution in [0.3, 0.4) is 0 Å². The van der Waals surface area contributed by atoms with Crippen LogP contribution < -0.4 is 9.64 Å². The van der Waals surface area contributed by atoms with Crippen LogP contribution in [0.5, 0.6) is 5.75 Å². The van der Waals surface area contributed by atoms with E-state index in [2.05, 4.69) is 16.0 Å². The zero-order valence-corrected chi connectivity index (χ0v) is 15.0. The number of carbonyl (C=O) groups excluding carboxylic acids is 1. The summed E-state index contributed by atoms with van der Waals surface area (Å²) in [5.74, 6) is 1.24. The zero-order chi connectivity index (χ0) is 19.2. The molecule has 1 atom stereocenters. The molecule has 27 heavy (non-hydrogen) atoms. The number of benzene rings is 1. The monoisotopic (exact) mass is 361 g/mol. The predicted molar refractivity (Wildman–Crippen MR) is 99.0 cm³/mol. The molecule has 0 bridgehead atoms. The molecule has 0 spiro atoms. The van der Waals surface area contributed by atoms with Crippen LogP contribution in [0.1, 0.15) is 18.1 Å². The molecule has 0 aliphatic carbocycles. The first kappa shape index (κ1) is 18.2. The van der Waals surface area contributed by atoms with Gasteiger partial charge in [0.2, 0.25) is 0 Å². The van der Waals surface area contributed by atoms with E-state index >= 15 is 0 Å². The number of nitriles is 2. The van der Waals surface area contributed by atoms with Crippen molar-refractivity contribution in [1.82, 2.24) is 9.88 Å². The smallest absolute Gasteiger partial charge is 0.263 e. The summed E-state index contributed by atoms with van der Waals surface area (Å²) in [6, 6.07) is 14.3. The average Bonchev–Trinajstić information content (AvgIpc) is 2.74. The predicted octanol–water partition coefficient (Wildman–Crippen LogP) is 1.94. The van der Waals surface area contributed by atoms with E-state index in [0.29, 0.717) is 43.1 Å². The maximum Gasteiger partial charge on any atom is 0.263 e. The Morgan fingerprint density at radius 1 is 1.07 bits per heavy atom. The molecule has 7 heteroatoms. The number of hydrogen-bond acceptors (Lipinski definition) is 6. The largest absolute Gasteiger partial charge is 0.481 e. The summed E-state index contributed by atoms with van der Waals surface area (Å²) in [4.78, 5) is 20.8. The summed E-state index contributed by atoms with van der Waals surface area (Å²) in [6.07, 6.45) is 1.02. The molecule has 0 radical (unpaired) electrons. The second kappa shape index (κ2) is 8.20. The number of aromatic nitrogens is 1. The highest BCUT2D eigenvalue weighted by molar-refractivity contribution is 5.81. The number of rotatable bonds is 4. The van der Waals surface area contributed by atoms with E-state index in [0.717, 1.165) is 5.82 Å². The number of hydrogen-bond donors (Lipinski definition) is 0. The third-order valence-electron chi connectivity index (χ3n) is 4.43. The fourth-order valence-corrected chi connectivity index (χ4v) is 2.94. The Morgan fingerprint density at radius 3 is 2.37 bits per heavy atom. The summed E-state index contributed by atoms with van der Waals surface area (Å²) in [5, 5.41) is 17.8. The molecule has 2 aromatic rings. The molecule has 1 aromatic carbocycles. The standard InChI is InChI=1S/C20H19N5O2/c1-15(27-18-4-2-16(13-21)3-5-18)20(26)25-10-8-24(9-11-25)19-12-17(14-22)6-7-23-19/h2-7,12,15H,8-11H2,1H3. The molecule has 3 rings (SSSR count). The second-order valence-corrected chi connectivity index (χ2v) is 6.22. The van der Waals surface area contributed by atoms with Gasteiger partial charge >= 0.3 is 0 Å². The summed E-state index contributed by atoms with van der Waals surface area (Å²) in [7, 11) is 0. The van der Waals surface area contributed by atoms with Gasteiger partial charge in [0.25, 0.3) is 5.91 Å². The van der Waals surface area contributed by atoms with Crippen LogP contribution in [0.4, 0.5) is 5.82 Å². The van der Waals surface area contributed by atoms with Crippen LogP contribution in [-0.2, 0) is 4.79 Å². The van der Waals surface area contributed by atoms with Gasteiger partial charge in [-0.2, -0.15) is 10.5 Å². The highest BCUT2D eigenvalue weighted by Gasteiger charge is 2.26. The molecular formula is C20H19N5O2. The Hall–Kier alpha value is -3.58. The molecule has 136 valence electrons. The van der Waals surface area contributed by atoms with E-state index in [1.165, 1.54) is 0 Å². The van der Waals surface area contributed by atoms with E-state index in [1.807, 2.05) is 6.07 Å². The zero-order valence-electron chi connectivity index (χ0n) is 15.0. The fourth-order valence-electron chi connectivity index (χ4n) is 2.94. The van der Waals surface area contributed by atoms with Crippen molar-refractivity contribution in [2.75, 3.05) is 31.1 Å². The molecular weight excluding hydrogens is 342 g/mol. The van der Waals surface area contributed by atoms with Crippen LogP contribution in [0.15, 0.2) is 42.6 Å². The second-order valence-electron chi connectivity index (χ2n) is 6.22. The Balaban J connectivity index is 1.55. The summed E-state index contributed by atoms with van der Waals surface area (Å²) in [5.41, 5.74) is 1.12. The highest BCUT2D eigenvalue weighted by Crippen LogP contribution is 2.17. The average molecular weight is 361 g/mol. The number of nitrogens with zero attached hydrogens (tertiary/aromatic N) is 5. The number of amides is 1. The van der Waals surface area contributed by atoms with Gasteiger partial charge in [0.15, 0.2) is 6.10 Å². The van der Waals surface area contributed by atoms with E-state index < -0.39 is 6.10 Å². The molecule has 1 aliphatic rings. The molecule has 1 aliphatic heterocycles. The van der Waals surface area contributed by atoms with E-state index in [-0.39, 0.29) is 5.91 Å². The number of ether oxygens (including phenoxy) is 1. The van der Waals surface area contributed by atoms with E-state index in [1.54, 1.807) is 54.4 Å². The fraction of sp³-hybridized carbons (Fsp3) is 0.300. The van der Waals surface area contributed by atoms with E-state index in [9.17, 15) is 4.79 Å². The molecule has 1 saturated heterocycles. The molecule has 0 saturated carbocycles. The Kier molecular flexibility index (Phi) is 5.53. The van der Waals surface area contributed by atoms with Gasteiger partial charge in [0, 0.05) is 32.4 Å². The molecule has 0 N–H and O–H groups in total. The first-order valence-electron chi connectivity index (χ1n) is 8.67. The minimum Gasteiger partial charge on any atom is -0.481 e. The quantitative estimate of drug-likeness (QED) is 0.826. The molecule has 1 unspecified atom stereocenters. The van der Waals surface area contributed by atoms with Gasteiger partial charge in [0.1, 0.15) is 11.6 Å². The number of anilines is 1. The van der Waals surface area contributed by atoms with Crippen molar-refractivity contribution in [3.8, 4) is 17.9 Å². The van der Waals surface area contributed by atoms with Crippen LogP contribution >= 0.6 is 0 Å². The SMILES string of the molecule is CC(Oc1ccc(C#N)cc1)C(=O)N1CCN(c2cc(C#N)ccn2)CC1. The lowest BCUT2D eigenvalue weighted by Crippen LogP contribution is -2.52. The Bertz CT molecular complexity index is 890. The molecule has 1 amide bonds. The van der Waals surface area contributed by atoms with E-state index in [4.69, 9.17) is 15.3 Å². The minimum absolute atomic E-state index is 0.0715. The van der Waals surface area contributed by atoms with Gasteiger partial charge in [-0.25, -0.2) is 4.98 Å². The topological polar surface area (TPSA) is 93.2 Å². The van der Waals surface area contributed by atoms with Gasteiger partial charge in [0.05, 0.1) is 23.3 Å². The third kappa shape index (κ3) is 4.34. The minimum atomic E-state index is -0.607. The summed E-state index contributed by atoms with van der Waals surface area (Å²) < 4.78 is 5.71. The van der Waals surface area contributed by atoms with Gasteiger partial charge in [-0.3, -0.25) is 4.79 Å². The number of piperazine rings is 1. The van der Waals surface area contributed by atoms with Crippen molar-refractivity contribution in [2.24, 2.45) is 0 Å². The van der Waals surface area contributed by atoms with Crippen LogP contribution in [0.2, 0.25) is 0 Å². The maximum absolute atomic E-state index is 12.6. The first-order chi connectivity index (χ1) is 13.1. The number of carbonyl (C=O) groups is 1. The first-order valence-corrected chi connectivity index (χ1v) is 8.67. The van der Waals surface area contributed by atoms with Crippen molar-refractivity contribution >= 4 is 11.7 Å². The van der Waals surface area contributed by atoms with Crippen LogP contribution in [0.25, 0.3) is 0 Å². The van der Waals surface area contributed by atoms with Crippen molar-refractivity contribution in [1.29, 1.82) is 10.5 Å². The lowest BCUT2D eigenvalue weighted by Gasteiger charge is -2.36. The number of pyridine rings is 1. The lowest BCUT2D eigenvalue weighted by atomic mass is 10.2. The van der Waals surface area contributed by atoms with Crippen molar-refractivity contribution in [3.63, 3.8) is 0 Å². The van der Waals surface area contributed by atoms with Crippen LogP contribution in [-0.4, -0.2) is 48.1 Å². The molecule has 7 nitrogen and oxygen atoms in total. The highest BCUT2D eigenvalue weighted by atomic mass is 16.5. The Morgan fingerprint density at radius 2 is 1.74 bits per heavy atom. The van der Waals surface area contributed by atoms with Crippen molar-refractivity contribution in [3.05, 3.63) is 53.7 Å². The van der Waals surface area contributed by atoms with Crippen molar-refractivity contribution < 1.29 is 9.53 Å². The van der Waals surface area contributed by atoms with Gasteiger partial charge in [-0.15, -0.1) is 0 Å². The molecule has 1 aromatic heterocycles. The normalized spacial score (nSPS) is 14.8. The summed E-state index contributed by atoms with van der Waals surface area (Å²) >= 11 is 0. The van der Waals surface area contributed by atoms with Crippen LogP contribution in [0, 0.1) is 22.7 Å². The van der Waals surface area contributed by atoms with Gasteiger partial charge < -0.3 is 14.5 Å². The molecule has 1 fully saturated rings. The Labute approximate surface area is 158 Å². The van der Waals surface area contributed by atoms with Crippen molar-refractivity contribution in [2.45, 2.75) is 13.0 Å². The maximum atomic E-state index is 12.6. The molecule has 2 heterocycles. The summed E-state index contributed by atoms with van der Waals surface area (Å²) in [6.45, 7) is 4.16. The lowest BCUT2D eigenvalue weighted by molar-refractivity contribution is -0.138. The third-order valence-corrected chi connectivity index (χ3v) is 4.43. The van der Waals surface area contributed by atoms with Gasteiger partial charge in [-0.1, -0.05) is 0 Å². The van der Waals surface area contributed by atoms with Gasteiger partial charge in [-0.05, 0) is 43.3 Å².